The molecule has 1 heterocycles. The van der Waals surface area contributed by atoms with Gasteiger partial charge in [-0.2, -0.15) is 0 Å². The summed E-state index contributed by atoms with van der Waals surface area (Å²) in [4.78, 5) is 16.8. The monoisotopic (exact) mass is 368 g/mol. The Morgan fingerprint density at radius 1 is 1.22 bits per heavy atom. The zero-order valence-electron chi connectivity index (χ0n) is 15.1. The molecule has 0 fully saturated rings. The molecule has 2 N–H and O–H groups in total. The van der Waals surface area contributed by atoms with E-state index in [0.29, 0.717) is 17.1 Å². The summed E-state index contributed by atoms with van der Waals surface area (Å²) in [5.74, 6) is 0.815. The zero-order chi connectivity index (χ0) is 19.2. The first kappa shape index (κ1) is 18.4. The third kappa shape index (κ3) is 4.25. The van der Waals surface area contributed by atoms with Crippen molar-refractivity contribution in [3.63, 3.8) is 0 Å². The van der Waals surface area contributed by atoms with Gasteiger partial charge in [0, 0.05) is 37.1 Å². The van der Waals surface area contributed by atoms with Crippen molar-refractivity contribution < 1.29 is 13.9 Å². The SMILES string of the molecule is COc1ccccc1CNC(=O)NC(c1ccccc1F)c1nccn1C. The normalized spacial score (nSPS) is 11.7. The number of hydrogen-bond acceptors (Lipinski definition) is 3. The van der Waals surface area contributed by atoms with E-state index in [0.717, 1.165) is 5.56 Å². The Hall–Kier alpha value is -3.35. The number of imidazole rings is 1. The van der Waals surface area contributed by atoms with E-state index in [1.807, 2.05) is 24.3 Å². The van der Waals surface area contributed by atoms with Gasteiger partial charge < -0.3 is 19.9 Å². The molecule has 1 aromatic heterocycles. The maximum Gasteiger partial charge on any atom is 0.315 e. The summed E-state index contributed by atoms with van der Waals surface area (Å²) in [5, 5.41) is 5.60. The van der Waals surface area contributed by atoms with Crippen molar-refractivity contribution in [2.45, 2.75) is 12.6 Å². The topological polar surface area (TPSA) is 68.2 Å². The third-order valence-corrected chi connectivity index (χ3v) is 4.24. The number of carbonyl (C=O) groups is 1. The number of aryl methyl sites for hydroxylation is 1. The van der Waals surface area contributed by atoms with Crippen molar-refractivity contribution in [2.75, 3.05) is 7.11 Å². The first-order valence-electron chi connectivity index (χ1n) is 8.48. The van der Waals surface area contributed by atoms with Crippen molar-refractivity contribution in [1.29, 1.82) is 0 Å². The highest BCUT2D eigenvalue weighted by Crippen LogP contribution is 2.23. The van der Waals surface area contributed by atoms with Crippen LogP contribution in [0, 0.1) is 5.82 Å². The Morgan fingerprint density at radius 3 is 2.67 bits per heavy atom. The molecule has 6 nitrogen and oxygen atoms in total. The van der Waals surface area contributed by atoms with Gasteiger partial charge in [-0.1, -0.05) is 36.4 Å². The summed E-state index contributed by atoms with van der Waals surface area (Å²) in [6.45, 7) is 0.278. The van der Waals surface area contributed by atoms with Crippen LogP contribution < -0.4 is 15.4 Å². The van der Waals surface area contributed by atoms with Crippen LogP contribution in [0.2, 0.25) is 0 Å². The highest BCUT2D eigenvalue weighted by atomic mass is 19.1. The van der Waals surface area contributed by atoms with Crippen molar-refractivity contribution in [2.24, 2.45) is 7.05 Å². The summed E-state index contributed by atoms with van der Waals surface area (Å²) >= 11 is 0. The third-order valence-electron chi connectivity index (χ3n) is 4.24. The standard InChI is InChI=1S/C20H21FN4O2/c1-25-12-11-22-19(25)18(15-8-4-5-9-16(15)21)24-20(26)23-13-14-7-3-6-10-17(14)27-2/h3-12,18H,13H2,1-2H3,(H2,23,24,26). The molecule has 1 unspecified atom stereocenters. The van der Waals surface area contributed by atoms with Gasteiger partial charge in [0.1, 0.15) is 23.4 Å². The number of urea groups is 1. The predicted octanol–water partition coefficient (Wildman–Crippen LogP) is 3.16. The highest BCUT2D eigenvalue weighted by molar-refractivity contribution is 5.75. The van der Waals surface area contributed by atoms with Gasteiger partial charge >= 0.3 is 6.03 Å². The lowest BCUT2D eigenvalue weighted by atomic mass is 10.1. The molecule has 1 atom stereocenters. The highest BCUT2D eigenvalue weighted by Gasteiger charge is 2.23. The van der Waals surface area contributed by atoms with Crippen LogP contribution in [0.25, 0.3) is 0 Å². The van der Waals surface area contributed by atoms with Gasteiger partial charge in [-0.05, 0) is 12.1 Å². The van der Waals surface area contributed by atoms with E-state index >= 15 is 0 Å². The Labute approximate surface area is 157 Å². The maximum atomic E-state index is 14.3. The number of benzene rings is 2. The molecule has 27 heavy (non-hydrogen) atoms. The fraction of sp³-hybridized carbons (Fsp3) is 0.200. The molecule has 140 valence electrons. The van der Waals surface area contributed by atoms with Gasteiger partial charge in [0.15, 0.2) is 0 Å². The van der Waals surface area contributed by atoms with Crippen LogP contribution in [0.4, 0.5) is 9.18 Å². The van der Waals surface area contributed by atoms with Crippen molar-refractivity contribution >= 4 is 6.03 Å². The Bertz CT molecular complexity index is 926. The number of carbonyl (C=O) groups excluding carboxylic acids is 1. The molecule has 0 radical (unpaired) electrons. The molecule has 0 aliphatic rings. The van der Waals surface area contributed by atoms with Crippen molar-refractivity contribution in [3.8, 4) is 5.75 Å². The molecule has 2 aromatic carbocycles. The predicted molar refractivity (Wildman–Crippen MR) is 99.8 cm³/mol. The van der Waals surface area contributed by atoms with E-state index in [9.17, 15) is 9.18 Å². The number of nitrogens with zero attached hydrogens (tertiary/aromatic N) is 2. The minimum Gasteiger partial charge on any atom is -0.496 e. The minimum absolute atomic E-state index is 0.278. The van der Waals surface area contributed by atoms with Crippen LogP contribution in [-0.2, 0) is 13.6 Å². The number of para-hydroxylation sites is 1. The average molecular weight is 368 g/mol. The molecule has 0 aliphatic carbocycles. The first-order valence-corrected chi connectivity index (χ1v) is 8.48. The molecule has 0 bridgehead atoms. The van der Waals surface area contributed by atoms with E-state index in [1.54, 1.807) is 49.3 Å². The van der Waals surface area contributed by atoms with Crippen LogP contribution in [0.15, 0.2) is 60.9 Å². The minimum atomic E-state index is -0.719. The van der Waals surface area contributed by atoms with Gasteiger partial charge in [0.25, 0.3) is 0 Å². The van der Waals surface area contributed by atoms with Crippen LogP contribution >= 0.6 is 0 Å². The Morgan fingerprint density at radius 2 is 1.96 bits per heavy atom. The molecular formula is C20H21FN4O2. The van der Waals surface area contributed by atoms with Gasteiger partial charge in [-0.15, -0.1) is 0 Å². The lowest BCUT2D eigenvalue weighted by Crippen LogP contribution is -2.39. The Kier molecular flexibility index (Phi) is 5.71. The average Bonchev–Trinajstić information content (AvgIpc) is 3.11. The number of halogens is 1. The summed E-state index contributed by atoms with van der Waals surface area (Å²) in [6.07, 6.45) is 3.36. The van der Waals surface area contributed by atoms with E-state index in [2.05, 4.69) is 15.6 Å². The first-order chi connectivity index (χ1) is 13.1. The molecule has 7 heteroatoms. The van der Waals surface area contributed by atoms with Crippen LogP contribution in [0.5, 0.6) is 5.75 Å². The van der Waals surface area contributed by atoms with E-state index in [-0.39, 0.29) is 6.54 Å². The number of hydrogen-bond donors (Lipinski definition) is 2. The number of rotatable bonds is 6. The van der Waals surface area contributed by atoms with Gasteiger partial charge in [-0.25, -0.2) is 14.2 Å². The smallest absolute Gasteiger partial charge is 0.315 e. The molecule has 0 spiro atoms. The fourth-order valence-corrected chi connectivity index (χ4v) is 2.85. The summed E-state index contributed by atoms with van der Waals surface area (Å²) in [6, 6.07) is 12.6. The summed E-state index contributed by atoms with van der Waals surface area (Å²) < 4.78 is 21.4. The lowest BCUT2D eigenvalue weighted by Gasteiger charge is -2.20. The molecule has 3 aromatic rings. The number of ether oxygens (including phenoxy) is 1. The largest absolute Gasteiger partial charge is 0.496 e. The van der Waals surface area contributed by atoms with Gasteiger partial charge in [0.05, 0.1) is 7.11 Å². The molecule has 2 amide bonds. The quantitative estimate of drug-likeness (QED) is 0.702. The maximum absolute atomic E-state index is 14.3. The Balaban J connectivity index is 1.77. The molecule has 3 rings (SSSR count). The number of amides is 2. The molecule has 0 aliphatic heterocycles. The summed E-state index contributed by atoms with van der Waals surface area (Å²) in [5.41, 5.74) is 1.19. The molecule has 0 saturated heterocycles. The van der Waals surface area contributed by atoms with Gasteiger partial charge in [-0.3, -0.25) is 0 Å². The van der Waals surface area contributed by atoms with Crippen LogP contribution in [0.3, 0.4) is 0 Å². The van der Waals surface area contributed by atoms with Crippen molar-refractivity contribution in [1.82, 2.24) is 20.2 Å². The summed E-state index contributed by atoms with van der Waals surface area (Å²) in [7, 11) is 3.37. The van der Waals surface area contributed by atoms with Crippen LogP contribution in [-0.4, -0.2) is 22.7 Å². The molecule has 0 saturated carbocycles. The second-order valence-corrected chi connectivity index (χ2v) is 5.99. The van der Waals surface area contributed by atoms with Crippen molar-refractivity contribution in [3.05, 3.63) is 83.7 Å². The second kappa shape index (κ2) is 8.35. The number of aromatic nitrogens is 2. The van der Waals surface area contributed by atoms with E-state index in [4.69, 9.17) is 4.74 Å². The van der Waals surface area contributed by atoms with E-state index < -0.39 is 17.9 Å². The number of nitrogens with one attached hydrogen (secondary N) is 2. The number of methoxy groups -OCH3 is 1. The fourth-order valence-electron chi connectivity index (χ4n) is 2.85. The zero-order valence-corrected chi connectivity index (χ0v) is 15.1. The van der Waals surface area contributed by atoms with Gasteiger partial charge in [0.2, 0.25) is 0 Å². The molecular weight excluding hydrogens is 347 g/mol. The van der Waals surface area contributed by atoms with E-state index in [1.165, 1.54) is 6.07 Å². The lowest BCUT2D eigenvalue weighted by molar-refractivity contribution is 0.237. The second-order valence-electron chi connectivity index (χ2n) is 5.99. The van der Waals surface area contributed by atoms with Crippen LogP contribution in [0.1, 0.15) is 23.0 Å².